The highest BCUT2D eigenvalue weighted by Gasteiger charge is 2.35. The molecule has 2 aromatic carbocycles. The number of imide groups is 1. The van der Waals surface area contributed by atoms with Gasteiger partial charge >= 0.3 is 0 Å². The summed E-state index contributed by atoms with van der Waals surface area (Å²) >= 11 is 0. The number of rotatable bonds is 9. The lowest BCUT2D eigenvalue weighted by atomic mass is 10.0. The lowest BCUT2D eigenvalue weighted by molar-refractivity contribution is -0.142. The lowest BCUT2D eigenvalue weighted by Crippen LogP contribution is -2.53. The van der Waals surface area contributed by atoms with Gasteiger partial charge in [0.25, 0.3) is 11.8 Å². The predicted octanol–water partition coefficient (Wildman–Crippen LogP) is 4.09. The third-order valence-corrected chi connectivity index (χ3v) is 6.14. The number of benzene rings is 2. The molecular formula is C28H35N3O4. The molecule has 3 rings (SSSR count). The normalized spacial score (nSPS) is 14.0. The fourth-order valence-corrected chi connectivity index (χ4v) is 4.32. The summed E-state index contributed by atoms with van der Waals surface area (Å²) in [5.41, 5.74) is 2.39. The minimum atomic E-state index is -0.624. The molecule has 35 heavy (non-hydrogen) atoms. The summed E-state index contributed by atoms with van der Waals surface area (Å²) in [6, 6.07) is 13.9. The summed E-state index contributed by atoms with van der Waals surface area (Å²) < 4.78 is 0. The Labute approximate surface area is 207 Å². The number of carbonyl (C=O) groups excluding carboxylic acids is 4. The van der Waals surface area contributed by atoms with Crippen LogP contribution in [0.2, 0.25) is 0 Å². The molecule has 0 bridgehead atoms. The van der Waals surface area contributed by atoms with Gasteiger partial charge in [-0.2, -0.15) is 0 Å². The van der Waals surface area contributed by atoms with Crippen LogP contribution in [0.15, 0.2) is 48.5 Å². The van der Waals surface area contributed by atoms with Gasteiger partial charge in [0.2, 0.25) is 11.8 Å². The Balaban J connectivity index is 1.74. The smallest absolute Gasteiger partial charge is 0.261 e. The fourth-order valence-electron chi connectivity index (χ4n) is 4.32. The first-order valence-corrected chi connectivity index (χ1v) is 12.1. The van der Waals surface area contributed by atoms with Crippen LogP contribution in [-0.2, 0) is 16.1 Å². The van der Waals surface area contributed by atoms with E-state index in [2.05, 4.69) is 5.32 Å². The molecule has 2 aromatic rings. The third kappa shape index (κ3) is 6.15. The Hall–Kier alpha value is -3.48. The highest BCUT2D eigenvalue weighted by Crippen LogP contribution is 2.23. The van der Waals surface area contributed by atoms with Crippen LogP contribution < -0.4 is 5.32 Å². The van der Waals surface area contributed by atoms with Crippen molar-refractivity contribution in [1.29, 1.82) is 0 Å². The van der Waals surface area contributed by atoms with Gasteiger partial charge in [-0.15, -0.1) is 0 Å². The monoisotopic (exact) mass is 477 g/mol. The van der Waals surface area contributed by atoms with Crippen LogP contribution in [0.4, 0.5) is 0 Å². The second-order valence-corrected chi connectivity index (χ2v) is 10.0. The lowest BCUT2D eigenvalue weighted by Gasteiger charge is -2.33. The molecule has 0 spiro atoms. The van der Waals surface area contributed by atoms with E-state index in [0.717, 1.165) is 11.1 Å². The molecule has 0 saturated heterocycles. The first-order chi connectivity index (χ1) is 16.5. The van der Waals surface area contributed by atoms with Crippen LogP contribution in [0.1, 0.15) is 78.8 Å². The number of nitrogens with one attached hydrogen (secondary N) is 1. The summed E-state index contributed by atoms with van der Waals surface area (Å²) in [5, 5.41) is 3.00. The van der Waals surface area contributed by atoms with Gasteiger partial charge in [-0.05, 0) is 63.8 Å². The molecular weight excluding hydrogens is 442 g/mol. The van der Waals surface area contributed by atoms with Crippen molar-refractivity contribution in [3.63, 3.8) is 0 Å². The van der Waals surface area contributed by atoms with Crippen molar-refractivity contribution in [3.8, 4) is 0 Å². The van der Waals surface area contributed by atoms with Crippen LogP contribution in [0, 0.1) is 6.92 Å². The fraction of sp³-hybridized carbons (Fsp3) is 0.429. The van der Waals surface area contributed by atoms with E-state index in [1.807, 2.05) is 58.9 Å². The van der Waals surface area contributed by atoms with Crippen molar-refractivity contribution >= 4 is 23.6 Å². The molecule has 1 N–H and O–H groups in total. The van der Waals surface area contributed by atoms with Gasteiger partial charge in [-0.3, -0.25) is 24.1 Å². The molecule has 1 heterocycles. The summed E-state index contributed by atoms with van der Waals surface area (Å²) in [5.74, 6) is -1.03. The van der Waals surface area contributed by atoms with Gasteiger partial charge in [-0.25, -0.2) is 0 Å². The molecule has 0 radical (unpaired) electrons. The van der Waals surface area contributed by atoms with Crippen molar-refractivity contribution in [2.24, 2.45) is 0 Å². The number of fused-ring (bicyclic) bond motifs is 1. The first kappa shape index (κ1) is 26.1. The summed E-state index contributed by atoms with van der Waals surface area (Å²) in [6.45, 7) is 10.1. The Morgan fingerprint density at radius 2 is 1.54 bits per heavy atom. The maximum absolute atomic E-state index is 13.4. The van der Waals surface area contributed by atoms with E-state index in [1.165, 1.54) is 4.90 Å². The van der Waals surface area contributed by atoms with E-state index in [4.69, 9.17) is 0 Å². The molecule has 7 nitrogen and oxygen atoms in total. The number of carbonyl (C=O) groups is 4. The van der Waals surface area contributed by atoms with Gasteiger partial charge in [0, 0.05) is 25.0 Å². The Morgan fingerprint density at radius 3 is 2.09 bits per heavy atom. The molecule has 1 aliphatic rings. The molecule has 186 valence electrons. The van der Waals surface area contributed by atoms with Crippen LogP contribution in [0.3, 0.4) is 0 Å². The summed E-state index contributed by atoms with van der Waals surface area (Å²) in [6.07, 6.45) is 0.919. The standard InChI is InChI=1S/C28H35N3O4/c1-6-23(25(33)29-28(3,4)5)31(18-20-13-8-7-12-19(20)2)24(32)16-11-17-30-26(34)21-14-9-10-15-22(21)27(30)35/h7-10,12-15,23H,6,11,16-18H2,1-5H3,(H,29,33). The quantitative estimate of drug-likeness (QED) is 0.551. The van der Waals surface area contributed by atoms with Crippen LogP contribution in [0.25, 0.3) is 0 Å². The highest BCUT2D eigenvalue weighted by atomic mass is 16.2. The third-order valence-electron chi connectivity index (χ3n) is 6.14. The zero-order valence-electron chi connectivity index (χ0n) is 21.3. The molecule has 1 atom stereocenters. The maximum Gasteiger partial charge on any atom is 0.261 e. The van der Waals surface area contributed by atoms with Crippen molar-refractivity contribution in [1.82, 2.24) is 15.1 Å². The van der Waals surface area contributed by atoms with E-state index >= 15 is 0 Å². The van der Waals surface area contributed by atoms with E-state index in [0.29, 0.717) is 30.5 Å². The van der Waals surface area contributed by atoms with Crippen molar-refractivity contribution in [2.45, 2.75) is 72.0 Å². The number of amides is 4. The SMILES string of the molecule is CCC(C(=O)NC(C)(C)C)N(Cc1ccccc1C)C(=O)CCCN1C(=O)c2ccccc2C1=O. The van der Waals surface area contributed by atoms with Crippen molar-refractivity contribution in [2.75, 3.05) is 6.54 Å². The van der Waals surface area contributed by atoms with Gasteiger partial charge < -0.3 is 10.2 Å². The largest absolute Gasteiger partial charge is 0.350 e. The average Bonchev–Trinajstić information content (AvgIpc) is 3.04. The number of hydrogen-bond donors (Lipinski definition) is 1. The second-order valence-electron chi connectivity index (χ2n) is 10.0. The first-order valence-electron chi connectivity index (χ1n) is 12.1. The van der Waals surface area contributed by atoms with Crippen LogP contribution in [0.5, 0.6) is 0 Å². The minimum Gasteiger partial charge on any atom is -0.350 e. The number of aryl methyl sites for hydroxylation is 1. The van der Waals surface area contributed by atoms with Gasteiger partial charge in [0.15, 0.2) is 0 Å². The molecule has 7 heteroatoms. The molecule has 1 aliphatic heterocycles. The molecule has 0 aromatic heterocycles. The predicted molar refractivity (Wildman–Crippen MR) is 135 cm³/mol. The zero-order valence-corrected chi connectivity index (χ0v) is 21.3. The number of hydrogen-bond acceptors (Lipinski definition) is 4. The van der Waals surface area contributed by atoms with Gasteiger partial charge in [0.05, 0.1) is 11.1 Å². The van der Waals surface area contributed by atoms with Gasteiger partial charge in [-0.1, -0.05) is 43.3 Å². The maximum atomic E-state index is 13.4. The van der Waals surface area contributed by atoms with E-state index < -0.39 is 11.6 Å². The second kappa shape index (κ2) is 10.8. The molecule has 0 fully saturated rings. The van der Waals surface area contributed by atoms with Crippen LogP contribution >= 0.6 is 0 Å². The topological polar surface area (TPSA) is 86.8 Å². The Kier molecular flexibility index (Phi) is 8.10. The Bertz CT molecular complexity index is 1080. The van der Waals surface area contributed by atoms with Crippen molar-refractivity contribution in [3.05, 3.63) is 70.8 Å². The molecule has 0 saturated carbocycles. The average molecular weight is 478 g/mol. The van der Waals surface area contributed by atoms with E-state index in [9.17, 15) is 19.2 Å². The number of nitrogens with zero attached hydrogens (tertiary/aromatic N) is 2. The zero-order chi connectivity index (χ0) is 25.8. The van der Waals surface area contributed by atoms with Gasteiger partial charge in [0.1, 0.15) is 6.04 Å². The molecule has 4 amide bonds. The van der Waals surface area contributed by atoms with Crippen LogP contribution in [-0.4, -0.2) is 51.6 Å². The van der Waals surface area contributed by atoms with E-state index in [-0.39, 0.29) is 36.6 Å². The molecule has 0 aliphatic carbocycles. The van der Waals surface area contributed by atoms with Crippen molar-refractivity contribution < 1.29 is 19.2 Å². The Morgan fingerprint density at radius 1 is 0.971 bits per heavy atom. The molecule has 1 unspecified atom stereocenters. The van der Waals surface area contributed by atoms with E-state index in [1.54, 1.807) is 29.2 Å². The summed E-state index contributed by atoms with van der Waals surface area (Å²) in [4.78, 5) is 54.6. The summed E-state index contributed by atoms with van der Waals surface area (Å²) in [7, 11) is 0. The minimum absolute atomic E-state index is 0.124. The highest BCUT2D eigenvalue weighted by molar-refractivity contribution is 6.21.